The molecule has 0 radical (unpaired) electrons. The van der Waals surface area contributed by atoms with Crippen molar-refractivity contribution in [3.05, 3.63) is 22.7 Å². The van der Waals surface area contributed by atoms with Gasteiger partial charge < -0.3 is 9.73 Å². The molecule has 2 aromatic heterocycles. The van der Waals surface area contributed by atoms with E-state index in [1.54, 1.807) is 11.3 Å². The van der Waals surface area contributed by atoms with E-state index in [1.807, 2.05) is 16.8 Å². The second-order valence-corrected chi connectivity index (χ2v) is 4.26. The lowest BCUT2D eigenvalue weighted by atomic mass is 10.2. The molecule has 0 fully saturated rings. The summed E-state index contributed by atoms with van der Waals surface area (Å²) in [6.45, 7) is 5.06. The topological polar surface area (TPSA) is 51.0 Å². The van der Waals surface area contributed by atoms with Crippen molar-refractivity contribution < 1.29 is 4.42 Å². The van der Waals surface area contributed by atoms with E-state index in [0.29, 0.717) is 11.8 Å². The van der Waals surface area contributed by atoms with Gasteiger partial charge in [0.25, 0.3) is 0 Å². The van der Waals surface area contributed by atoms with E-state index in [9.17, 15) is 0 Å². The lowest BCUT2D eigenvalue weighted by molar-refractivity contribution is 0.402. The first-order chi connectivity index (χ1) is 7.85. The Morgan fingerprint density at radius 1 is 1.44 bits per heavy atom. The maximum atomic E-state index is 5.66. The summed E-state index contributed by atoms with van der Waals surface area (Å²) in [5, 5.41) is 15.5. The van der Waals surface area contributed by atoms with Crippen LogP contribution in [-0.2, 0) is 0 Å². The van der Waals surface area contributed by atoms with Crippen molar-refractivity contribution in [3.63, 3.8) is 0 Å². The quantitative estimate of drug-likeness (QED) is 0.868. The summed E-state index contributed by atoms with van der Waals surface area (Å²) < 4.78 is 5.66. The molecular formula is C11H15N3OS. The third-order valence-corrected chi connectivity index (χ3v) is 3.05. The molecule has 1 atom stereocenters. The predicted octanol–water partition coefficient (Wildman–Crippen LogP) is 2.86. The summed E-state index contributed by atoms with van der Waals surface area (Å²) in [6.07, 6.45) is 0.944. The van der Waals surface area contributed by atoms with Crippen molar-refractivity contribution in [2.75, 3.05) is 6.54 Å². The Kier molecular flexibility index (Phi) is 3.69. The lowest BCUT2D eigenvalue weighted by Crippen LogP contribution is -2.20. The molecule has 2 rings (SSSR count). The first-order valence-electron chi connectivity index (χ1n) is 5.44. The van der Waals surface area contributed by atoms with Crippen molar-refractivity contribution in [3.8, 4) is 11.5 Å². The van der Waals surface area contributed by atoms with E-state index in [1.165, 1.54) is 0 Å². The minimum Gasteiger partial charge on any atom is -0.419 e. The molecule has 0 aliphatic rings. The van der Waals surface area contributed by atoms with Crippen LogP contribution in [0.1, 0.15) is 32.2 Å². The average molecular weight is 237 g/mol. The zero-order valence-electron chi connectivity index (χ0n) is 9.43. The molecule has 0 aliphatic carbocycles. The minimum absolute atomic E-state index is 0.157. The highest BCUT2D eigenvalue weighted by molar-refractivity contribution is 7.08. The van der Waals surface area contributed by atoms with Crippen LogP contribution in [0.25, 0.3) is 11.5 Å². The summed E-state index contributed by atoms with van der Waals surface area (Å²) in [7, 11) is 0. The Morgan fingerprint density at radius 3 is 2.94 bits per heavy atom. The standard InChI is InChI=1S/C11H15N3OS/c1-3-9(12-4-2)11-14-13-10(15-11)8-5-6-16-7-8/h5-7,9,12H,3-4H2,1-2H3. The summed E-state index contributed by atoms with van der Waals surface area (Å²) in [4.78, 5) is 0. The zero-order valence-corrected chi connectivity index (χ0v) is 10.3. The third kappa shape index (κ3) is 2.31. The Hall–Kier alpha value is -1.20. The number of rotatable bonds is 5. The fourth-order valence-corrected chi connectivity index (χ4v) is 2.16. The Morgan fingerprint density at radius 2 is 2.31 bits per heavy atom. The smallest absolute Gasteiger partial charge is 0.248 e. The molecule has 0 aromatic carbocycles. The Bertz CT molecular complexity index is 424. The SMILES string of the molecule is CCNC(CC)c1nnc(-c2ccsc2)o1. The van der Waals surface area contributed by atoms with E-state index in [-0.39, 0.29) is 6.04 Å². The molecular weight excluding hydrogens is 222 g/mol. The van der Waals surface area contributed by atoms with Crippen LogP contribution in [0.5, 0.6) is 0 Å². The highest BCUT2D eigenvalue weighted by Crippen LogP contribution is 2.23. The number of aromatic nitrogens is 2. The van der Waals surface area contributed by atoms with Gasteiger partial charge in [-0.05, 0) is 24.4 Å². The van der Waals surface area contributed by atoms with Crippen molar-refractivity contribution in [1.29, 1.82) is 0 Å². The second kappa shape index (κ2) is 5.23. The summed E-state index contributed by atoms with van der Waals surface area (Å²) in [6, 6.07) is 2.14. The van der Waals surface area contributed by atoms with Gasteiger partial charge in [0.2, 0.25) is 11.8 Å². The maximum Gasteiger partial charge on any atom is 0.248 e. The molecule has 0 spiro atoms. The molecule has 0 bridgehead atoms. The summed E-state index contributed by atoms with van der Waals surface area (Å²) >= 11 is 1.62. The predicted molar refractivity (Wildman–Crippen MR) is 64.3 cm³/mol. The largest absolute Gasteiger partial charge is 0.419 e. The molecule has 1 unspecified atom stereocenters. The van der Waals surface area contributed by atoms with Gasteiger partial charge in [0.05, 0.1) is 6.04 Å². The van der Waals surface area contributed by atoms with Crippen LogP contribution in [0.4, 0.5) is 0 Å². The van der Waals surface area contributed by atoms with Crippen LogP contribution in [0.15, 0.2) is 21.2 Å². The molecule has 2 heterocycles. The van der Waals surface area contributed by atoms with Gasteiger partial charge in [-0.1, -0.05) is 13.8 Å². The van der Waals surface area contributed by atoms with Crippen LogP contribution < -0.4 is 5.32 Å². The average Bonchev–Trinajstić information content (AvgIpc) is 2.95. The molecule has 2 aromatic rings. The highest BCUT2D eigenvalue weighted by atomic mass is 32.1. The number of thiophene rings is 1. The molecule has 0 amide bonds. The van der Waals surface area contributed by atoms with Crippen molar-refractivity contribution >= 4 is 11.3 Å². The van der Waals surface area contributed by atoms with E-state index in [0.717, 1.165) is 18.5 Å². The van der Waals surface area contributed by atoms with Crippen LogP contribution >= 0.6 is 11.3 Å². The molecule has 16 heavy (non-hydrogen) atoms. The van der Waals surface area contributed by atoms with Crippen molar-refractivity contribution in [1.82, 2.24) is 15.5 Å². The van der Waals surface area contributed by atoms with E-state index < -0.39 is 0 Å². The third-order valence-electron chi connectivity index (χ3n) is 2.37. The molecule has 0 saturated carbocycles. The van der Waals surface area contributed by atoms with Crippen LogP contribution in [-0.4, -0.2) is 16.7 Å². The van der Waals surface area contributed by atoms with Crippen LogP contribution in [0.3, 0.4) is 0 Å². The molecule has 86 valence electrons. The van der Waals surface area contributed by atoms with Crippen LogP contribution in [0, 0.1) is 0 Å². The normalized spacial score (nSPS) is 12.9. The lowest BCUT2D eigenvalue weighted by Gasteiger charge is -2.09. The van der Waals surface area contributed by atoms with E-state index in [4.69, 9.17) is 4.42 Å². The second-order valence-electron chi connectivity index (χ2n) is 3.48. The molecule has 1 N–H and O–H groups in total. The van der Waals surface area contributed by atoms with E-state index >= 15 is 0 Å². The van der Waals surface area contributed by atoms with Gasteiger partial charge in [-0.2, -0.15) is 11.3 Å². The summed E-state index contributed by atoms with van der Waals surface area (Å²) in [5.74, 6) is 1.28. The first kappa shape index (κ1) is 11.3. The van der Waals surface area contributed by atoms with Crippen LogP contribution in [0.2, 0.25) is 0 Å². The van der Waals surface area contributed by atoms with Crippen molar-refractivity contribution in [2.24, 2.45) is 0 Å². The minimum atomic E-state index is 0.157. The van der Waals surface area contributed by atoms with E-state index in [2.05, 4.69) is 29.4 Å². The van der Waals surface area contributed by atoms with Crippen molar-refractivity contribution in [2.45, 2.75) is 26.3 Å². The first-order valence-corrected chi connectivity index (χ1v) is 6.38. The van der Waals surface area contributed by atoms with Gasteiger partial charge in [-0.3, -0.25) is 0 Å². The number of hydrogen-bond acceptors (Lipinski definition) is 5. The van der Waals surface area contributed by atoms with Gasteiger partial charge in [-0.25, -0.2) is 0 Å². The fraction of sp³-hybridized carbons (Fsp3) is 0.455. The zero-order chi connectivity index (χ0) is 11.4. The molecule has 5 heteroatoms. The fourth-order valence-electron chi connectivity index (χ4n) is 1.53. The number of hydrogen-bond donors (Lipinski definition) is 1. The van der Waals surface area contributed by atoms with Gasteiger partial charge in [0.15, 0.2) is 0 Å². The number of nitrogens with zero attached hydrogens (tertiary/aromatic N) is 2. The maximum absolute atomic E-state index is 5.66. The summed E-state index contributed by atoms with van der Waals surface area (Å²) in [5.41, 5.74) is 0.995. The van der Waals surface area contributed by atoms with Gasteiger partial charge in [-0.15, -0.1) is 10.2 Å². The highest BCUT2D eigenvalue weighted by Gasteiger charge is 2.16. The van der Waals surface area contributed by atoms with Gasteiger partial charge >= 0.3 is 0 Å². The molecule has 0 aliphatic heterocycles. The van der Waals surface area contributed by atoms with Gasteiger partial charge in [0, 0.05) is 10.9 Å². The molecule has 0 saturated heterocycles. The monoisotopic (exact) mass is 237 g/mol. The Balaban J connectivity index is 2.18. The molecule has 4 nitrogen and oxygen atoms in total. The Labute approximate surface area is 98.7 Å². The number of nitrogens with one attached hydrogen (secondary N) is 1. The van der Waals surface area contributed by atoms with Gasteiger partial charge in [0.1, 0.15) is 0 Å².